The van der Waals surface area contributed by atoms with Gasteiger partial charge in [-0.3, -0.25) is 4.99 Å². The van der Waals surface area contributed by atoms with Crippen molar-refractivity contribution in [3.8, 4) is 17.3 Å². The van der Waals surface area contributed by atoms with Crippen molar-refractivity contribution in [2.45, 2.75) is 19.1 Å². The zero-order chi connectivity index (χ0) is 19.2. The third kappa shape index (κ3) is 5.47. The van der Waals surface area contributed by atoms with Gasteiger partial charge in [-0.2, -0.15) is 0 Å². The Labute approximate surface area is 187 Å². The van der Waals surface area contributed by atoms with Crippen LogP contribution in [0, 0.1) is 0 Å². The summed E-state index contributed by atoms with van der Waals surface area (Å²) < 4.78 is 11.5. The van der Waals surface area contributed by atoms with Gasteiger partial charge in [-0.15, -0.1) is 24.0 Å². The Morgan fingerprint density at radius 3 is 2.83 bits per heavy atom. The molecule has 1 saturated heterocycles. The molecule has 1 fully saturated rings. The Morgan fingerprint density at radius 2 is 2.07 bits per heavy atom. The summed E-state index contributed by atoms with van der Waals surface area (Å²) in [5.74, 6) is 2.11. The lowest BCUT2D eigenvalue weighted by Crippen LogP contribution is -2.40. The highest BCUT2D eigenvalue weighted by Crippen LogP contribution is 2.18. The standard InChI is InChI=1S/C21H23N5O2.HI/c1-22-21(26-12-10-18(14-26)28-19-9-5-6-11-23-19)24-13-17-15-27-20(25-17)16-7-3-2-4-8-16;/h2-9,11,15,18H,10,12-14H2,1H3,(H,22,24);1H. The molecular formula is C21H24IN5O2. The van der Waals surface area contributed by atoms with Crippen molar-refractivity contribution < 1.29 is 9.15 Å². The quantitative estimate of drug-likeness (QED) is 0.325. The van der Waals surface area contributed by atoms with E-state index < -0.39 is 0 Å². The van der Waals surface area contributed by atoms with Crippen molar-refractivity contribution in [3.63, 3.8) is 0 Å². The number of ether oxygens (including phenoxy) is 1. The summed E-state index contributed by atoms with van der Waals surface area (Å²) in [7, 11) is 1.79. The average Bonchev–Trinajstić information content (AvgIpc) is 3.40. The molecule has 1 aliphatic heterocycles. The molecule has 8 heteroatoms. The molecule has 4 rings (SSSR count). The van der Waals surface area contributed by atoms with Crippen molar-refractivity contribution >= 4 is 29.9 Å². The fraction of sp³-hybridized carbons (Fsp3) is 0.286. The van der Waals surface area contributed by atoms with E-state index in [1.165, 1.54) is 0 Å². The van der Waals surface area contributed by atoms with Gasteiger partial charge in [-0.1, -0.05) is 24.3 Å². The molecule has 152 valence electrons. The summed E-state index contributed by atoms with van der Waals surface area (Å²) in [6.07, 6.45) is 4.45. The minimum Gasteiger partial charge on any atom is -0.472 e. The Balaban J connectivity index is 0.00000240. The van der Waals surface area contributed by atoms with Gasteiger partial charge in [0.2, 0.25) is 11.8 Å². The number of oxazole rings is 1. The topological polar surface area (TPSA) is 75.8 Å². The van der Waals surface area contributed by atoms with Gasteiger partial charge in [-0.05, 0) is 18.2 Å². The summed E-state index contributed by atoms with van der Waals surface area (Å²) in [5, 5.41) is 3.36. The van der Waals surface area contributed by atoms with Crippen molar-refractivity contribution in [2.24, 2.45) is 4.99 Å². The monoisotopic (exact) mass is 505 g/mol. The number of aromatic nitrogens is 2. The minimum absolute atomic E-state index is 0. The molecule has 3 aromatic rings. The van der Waals surface area contributed by atoms with Crippen molar-refractivity contribution in [2.75, 3.05) is 20.1 Å². The van der Waals surface area contributed by atoms with E-state index in [-0.39, 0.29) is 30.1 Å². The number of aliphatic imine (C=N–C) groups is 1. The second-order valence-electron chi connectivity index (χ2n) is 6.55. The SMILES string of the molecule is CN=C(NCc1coc(-c2ccccc2)n1)N1CCC(Oc2ccccn2)C1.I. The van der Waals surface area contributed by atoms with E-state index in [1.807, 2.05) is 48.5 Å². The largest absolute Gasteiger partial charge is 0.472 e. The maximum atomic E-state index is 5.95. The Hall–Kier alpha value is -2.62. The van der Waals surface area contributed by atoms with Crippen LogP contribution in [0.1, 0.15) is 12.1 Å². The number of nitrogens with zero attached hydrogens (tertiary/aromatic N) is 4. The highest BCUT2D eigenvalue weighted by molar-refractivity contribution is 14.0. The molecule has 1 N–H and O–H groups in total. The fourth-order valence-corrected chi connectivity index (χ4v) is 3.21. The van der Waals surface area contributed by atoms with Crippen LogP contribution in [0.25, 0.3) is 11.5 Å². The van der Waals surface area contributed by atoms with Crippen molar-refractivity contribution in [3.05, 3.63) is 66.7 Å². The Kier molecular flexibility index (Phi) is 7.45. The first kappa shape index (κ1) is 21.1. The predicted molar refractivity (Wildman–Crippen MR) is 122 cm³/mol. The molecule has 0 amide bonds. The third-order valence-electron chi connectivity index (χ3n) is 4.58. The molecule has 1 aliphatic rings. The molecule has 0 radical (unpaired) electrons. The van der Waals surface area contributed by atoms with E-state index >= 15 is 0 Å². The zero-order valence-electron chi connectivity index (χ0n) is 16.2. The number of benzene rings is 1. The summed E-state index contributed by atoms with van der Waals surface area (Å²) in [5.41, 5.74) is 1.80. The van der Waals surface area contributed by atoms with Crippen LogP contribution in [0.5, 0.6) is 5.88 Å². The number of hydrogen-bond donors (Lipinski definition) is 1. The molecule has 7 nitrogen and oxygen atoms in total. The maximum absolute atomic E-state index is 5.95. The molecule has 0 aliphatic carbocycles. The molecule has 29 heavy (non-hydrogen) atoms. The second-order valence-corrected chi connectivity index (χ2v) is 6.55. The number of nitrogens with one attached hydrogen (secondary N) is 1. The first-order valence-electron chi connectivity index (χ1n) is 9.35. The van der Waals surface area contributed by atoms with Gasteiger partial charge in [0, 0.05) is 37.8 Å². The van der Waals surface area contributed by atoms with Crippen LogP contribution in [0.3, 0.4) is 0 Å². The minimum atomic E-state index is 0. The second kappa shape index (κ2) is 10.2. The lowest BCUT2D eigenvalue weighted by molar-refractivity contribution is 0.205. The number of likely N-dealkylation sites (tertiary alicyclic amines) is 1. The zero-order valence-corrected chi connectivity index (χ0v) is 18.5. The first-order valence-corrected chi connectivity index (χ1v) is 9.35. The normalized spacial score (nSPS) is 16.4. The average molecular weight is 505 g/mol. The number of rotatable bonds is 5. The molecule has 1 atom stereocenters. The van der Waals surface area contributed by atoms with Gasteiger partial charge in [0.15, 0.2) is 5.96 Å². The molecule has 0 spiro atoms. The van der Waals surface area contributed by atoms with Crippen LogP contribution in [-0.4, -0.2) is 47.1 Å². The van der Waals surface area contributed by atoms with E-state index in [2.05, 4.69) is 25.2 Å². The molecule has 1 aromatic carbocycles. The molecular weight excluding hydrogens is 481 g/mol. The lowest BCUT2D eigenvalue weighted by atomic mass is 10.2. The number of pyridine rings is 1. The van der Waals surface area contributed by atoms with Crippen LogP contribution in [0.2, 0.25) is 0 Å². The third-order valence-corrected chi connectivity index (χ3v) is 4.58. The number of halogens is 1. The van der Waals surface area contributed by atoms with Crippen LogP contribution in [0.15, 0.2) is 70.4 Å². The Bertz CT molecular complexity index is 917. The van der Waals surface area contributed by atoms with Gasteiger partial charge >= 0.3 is 0 Å². The van der Waals surface area contributed by atoms with Gasteiger partial charge in [0.1, 0.15) is 12.4 Å². The van der Waals surface area contributed by atoms with Crippen LogP contribution < -0.4 is 10.1 Å². The van der Waals surface area contributed by atoms with Gasteiger partial charge < -0.3 is 19.4 Å². The Morgan fingerprint density at radius 1 is 1.24 bits per heavy atom. The maximum Gasteiger partial charge on any atom is 0.226 e. The lowest BCUT2D eigenvalue weighted by Gasteiger charge is -2.21. The molecule has 2 aromatic heterocycles. The van der Waals surface area contributed by atoms with Crippen LogP contribution in [-0.2, 0) is 6.54 Å². The number of guanidine groups is 1. The smallest absolute Gasteiger partial charge is 0.226 e. The van der Waals surface area contributed by atoms with Crippen LogP contribution in [0.4, 0.5) is 0 Å². The fourth-order valence-electron chi connectivity index (χ4n) is 3.21. The van der Waals surface area contributed by atoms with E-state index in [4.69, 9.17) is 9.15 Å². The highest BCUT2D eigenvalue weighted by atomic mass is 127. The van der Waals surface area contributed by atoms with Gasteiger partial charge in [-0.25, -0.2) is 9.97 Å². The predicted octanol–water partition coefficient (Wildman–Crippen LogP) is 3.58. The van der Waals surface area contributed by atoms with Gasteiger partial charge in [0.25, 0.3) is 0 Å². The van der Waals surface area contributed by atoms with Crippen LogP contribution >= 0.6 is 24.0 Å². The molecule has 0 bridgehead atoms. The highest BCUT2D eigenvalue weighted by Gasteiger charge is 2.26. The summed E-state index contributed by atoms with van der Waals surface area (Å²) in [6.45, 7) is 2.20. The first-order chi connectivity index (χ1) is 13.8. The van der Waals surface area contributed by atoms with E-state index in [1.54, 1.807) is 19.5 Å². The molecule has 1 unspecified atom stereocenters. The molecule has 3 heterocycles. The molecule has 0 saturated carbocycles. The number of hydrogen-bond acceptors (Lipinski definition) is 5. The van der Waals surface area contributed by atoms with E-state index in [9.17, 15) is 0 Å². The van der Waals surface area contributed by atoms with Gasteiger partial charge in [0.05, 0.1) is 18.8 Å². The summed E-state index contributed by atoms with van der Waals surface area (Å²) in [4.78, 5) is 15.4. The summed E-state index contributed by atoms with van der Waals surface area (Å²) >= 11 is 0. The summed E-state index contributed by atoms with van der Waals surface area (Å²) in [6, 6.07) is 15.6. The van der Waals surface area contributed by atoms with Crippen molar-refractivity contribution in [1.82, 2.24) is 20.2 Å². The van der Waals surface area contributed by atoms with E-state index in [0.717, 1.165) is 36.7 Å². The van der Waals surface area contributed by atoms with E-state index in [0.29, 0.717) is 18.3 Å². The van der Waals surface area contributed by atoms with Crippen molar-refractivity contribution in [1.29, 1.82) is 0 Å².